The van der Waals surface area contributed by atoms with Crippen molar-refractivity contribution in [3.05, 3.63) is 66.0 Å². The van der Waals surface area contributed by atoms with Gasteiger partial charge in [0.15, 0.2) is 11.6 Å². The summed E-state index contributed by atoms with van der Waals surface area (Å²) in [6, 6.07) is 14.5. The molecule has 25 heavy (non-hydrogen) atoms. The van der Waals surface area contributed by atoms with Crippen molar-refractivity contribution in [2.75, 3.05) is 13.2 Å². The van der Waals surface area contributed by atoms with E-state index in [2.05, 4.69) is 10.6 Å². The molecule has 2 rings (SSSR count). The largest absolute Gasteiger partial charge is 0.486 e. The molecule has 134 valence electrons. The summed E-state index contributed by atoms with van der Waals surface area (Å²) in [5.41, 5.74) is 0.815. The molecule has 2 atom stereocenters. The summed E-state index contributed by atoms with van der Waals surface area (Å²) in [4.78, 5) is 12.1. The van der Waals surface area contributed by atoms with Crippen LogP contribution in [-0.4, -0.2) is 30.4 Å². The van der Waals surface area contributed by atoms with Gasteiger partial charge in [-0.3, -0.25) is 0 Å². The number of benzene rings is 2. The fourth-order valence-electron chi connectivity index (χ4n) is 2.32. The van der Waals surface area contributed by atoms with Crippen LogP contribution in [0.25, 0.3) is 0 Å². The van der Waals surface area contributed by atoms with Gasteiger partial charge in [-0.2, -0.15) is 0 Å². The Kier molecular flexibility index (Phi) is 7.22. The van der Waals surface area contributed by atoms with Crippen molar-refractivity contribution in [2.45, 2.75) is 25.5 Å². The van der Waals surface area contributed by atoms with Crippen molar-refractivity contribution in [1.29, 1.82) is 0 Å². The number of rotatable bonds is 8. The molecular weight excluding hydrogens is 323 g/mol. The van der Waals surface area contributed by atoms with E-state index in [0.29, 0.717) is 6.42 Å². The SMILES string of the molecule is CCC(CNC(=O)NC(CO)c1ccccc1)Oc1ccccc1F. The van der Waals surface area contributed by atoms with E-state index in [4.69, 9.17) is 4.74 Å². The Hall–Kier alpha value is -2.60. The first kappa shape index (κ1) is 18.7. The highest BCUT2D eigenvalue weighted by atomic mass is 19.1. The fraction of sp³-hybridized carbons (Fsp3) is 0.316. The Morgan fingerprint density at radius 1 is 1.16 bits per heavy atom. The van der Waals surface area contributed by atoms with E-state index in [1.165, 1.54) is 6.07 Å². The summed E-state index contributed by atoms with van der Waals surface area (Å²) in [5.74, 6) is -0.274. The highest BCUT2D eigenvalue weighted by Crippen LogP contribution is 2.18. The molecule has 0 aromatic heterocycles. The Bertz CT molecular complexity index is 667. The normalized spacial score (nSPS) is 12.9. The lowest BCUT2D eigenvalue weighted by Gasteiger charge is -2.21. The lowest BCUT2D eigenvalue weighted by molar-refractivity contribution is 0.179. The average molecular weight is 346 g/mol. The molecule has 2 unspecified atom stereocenters. The van der Waals surface area contributed by atoms with Crippen LogP contribution in [0, 0.1) is 5.82 Å². The summed E-state index contributed by atoms with van der Waals surface area (Å²) in [5, 5.41) is 14.9. The molecule has 0 aliphatic heterocycles. The molecular formula is C19H23FN2O3. The molecule has 2 amide bonds. The lowest BCUT2D eigenvalue weighted by atomic mass is 10.1. The Labute approximate surface area is 146 Å². The molecule has 6 heteroatoms. The maximum Gasteiger partial charge on any atom is 0.315 e. The molecule has 0 heterocycles. The molecule has 0 spiro atoms. The number of carbonyl (C=O) groups excluding carboxylic acids is 1. The first-order valence-electron chi connectivity index (χ1n) is 8.25. The maximum atomic E-state index is 13.6. The van der Waals surface area contributed by atoms with Crippen molar-refractivity contribution in [2.24, 2.45) is 0 Å². The number of halogens is 1. The van der Waals surface area contributed by atoms with Crippen molar-refractivity contribution < 1.29 is 19.0 Å². The van der Waals surface area contributed by atoms with Crippen molar-refractivity contribution in [3.8, 4) is 5.75 Å². The first-order valence-corrected chi connectivity index (χ1v) is 8.25. The topological polar surface area (TPSA) is 70.6 Å². The number of hydrogen-bond acceptors (Lipinski definition) is 3. The van der Waals surface area contributed by atoms with Crippen molar-refractivity contribution in [3.63, 3.8) is 0 Å². The molecule has 0 aliphatic carbocycles. The molecule has 0 aliphatic rings. The number of amides is 2. The fourth-order valence-corrected chi connectivity index (χ4v) is 2.32. The molecule has 2 aromatic carbocycles. The average Bonchev–Trinajstić information content (AvgIpc) is 2.65. The minimum Gasteiger partial charge on any atom is -0.486 e. The Morgan fingerprint density at radius 3 is 2.48 bits per heavy atom. The van der Waals surface area contributed by atoms with Crippen molar-refractivity contribution >= 4 is 6.03 Å². The summed E-state index contributed by atoms with van der Waals surface area (Å²) < 4.78 is 19.2. The molecule has 3 N–H and O–H groups in total. The van der Waals surface area contributed by atoms with Crippen molar-refractivity contribution in [1.82, 2.24) is 10.6 Å². The molecule has 0 saturated carbocycles. The third-order valence-corrected chi connectivity index (χ3v) is 3.77. The molecule has 5 nitrogen and oxygen atoms in total. The smallest absolute Gasteiger partial charge is 0.315 e. The zero-order chi connectivity index (χ0) is 18.1. The Balaban J connectivity index is 1.86. The third-order valence-electron chi connectivity index (χ3n) is 3.77. The summed E-state index contributed by atoms with van der Waals surface area (Å²) in [6.45, 7) is 1.91. The van der Waals surface area contributed by atoms with E-state index in [-0.39, 0.29) is 25.0 Å². The molecule has 0 bridgehead atoms. The highest BCUT2D eigenvalue weighted by Gasteiger charge is 2.16. The van der Waals surface area contributed by atoms with E-state index in [0.717, 1.165) is 5.56 Å². The minimum atomic E-state index is -0.492. The van der Waals surface area contributed by atoms with Gasteiger partial charge in [-0.1, -0.05) is 49.4 Å². The van der Waals surface area contributed by atoms with Gasteiger partial charge in [0.05, 0.1) is 19.2 Å². The third kappa shape index (κ3) is 5.76. The van der Waals surface area contributed by atoms with E-state index < -0.39 is 17.9 Å². The second-order valence-electron chi connectivity index (χ2n) is 5.58. The van der Waals surface area contributed by atoms with Gasteiger partial charge in [0.1, 0.15) is 6.10 Å². The number of aliphatic hydroxyl groups is 1. The van der Waals surface area contributed by atoms with Crippen LogP contribution in [0.2, 0.25) is 0 Å². The van der Waals surface area contributed by atoms with Gasteiger partial charge in [-0.25, -0.2) is 9.18 Å². The number of aliphatic hydroxyl groups excluding tert-OH is 1. The van der Waals surface area contributed by atoms with Crippen LogP contribution in [0.15, 0.2) is 54.6 Å². The van der Waals surface area contributed by atoms with Gasteiger partial charge in [0.2, 0.25) is 0 Å². The predicted octanol–water partition coefficient (Wildman–Crippen LogP) is 3.02. The van der Waals surface area contributed by atoms with Gasteiger partial charge in [-0.15, -0.1) is 0 Å². The summed E-state index contributed by atoms with van der Waals surface area (Å²) in [7, 11) is 0. The summed E-state index contributed by atoms with van der Waals surface area (Å²) >= 11 is 0. The van der Waals surface area contributed by atoms with E-state index in [1.807, 2.05) is 37.3 Å². The number of carbonyl (C=O) groups is 1. The van der Waals surface area contributed by atoms with Crippen LogP contribution in [0.1, 0.15) is 24.9 Å². The van der Waals surface area contributed by atoms with Gasteiger partial charge >= 0.3 is 6.03 Å². The number of urea groups is 1. The van der Waals surface area contributed by atoms with Gasteiger partial charge in [-0.05, 0) is 24.1 Å². The van der Waals surface area contributed by atoms with Crippen LogP contribution >= 0.6 is 0 Å². The van der Waals surface area contributed by atoms with E-state index in [9.17, 15) is 14.3 Å². The first-order chi connectivity index (χ1) is 12.1. The van der Waals surface area contributed by atoms with Crippen LogP contribution in [-0.2, 0) is 0 Å². The van der Waals surface area contributed by atoms with Crippen LogP contribution < -0.4 is 15.4 Å². The minimum absolute atomic E-state index is 0.161. The zero-order valence-electron chi connectivity index (χ0n) is 14.1. The molecule has 0 radical (unpaired) electrons. The Morgan fingerprint density at radius 2 is 1.84 bits per heavy atom. The standard InChI is InChI=1S/C19H23FN2O3/c1-2-15(25-18-11-7-6-10-16(18)20)12-21-19(24)22-17(13-23)14-8-4-3-5-9-14/h3-11,15,17,23H,2,12-13H2,1H3,(H2,21,22,24). The van der Waals surface area contributed by atoms with E-state index in [1.54, 1.807) is 18.2 Å². The molecule has 0 saturated heterocycles. The molecule has 0 fully saturated rings. The summed E-state index contributed by atoms with van der Waals surface area (Å²) in [6.07, 6.45) is 0.253. The second-order valence-corrected chi connectivity index (χ2v) is 5.58. The number of ether oxygens (including phenoxy) is 1. The number of para-hydroxylation sites is 1. The number of nitrogens with one attached hydrogen (secondary N) is 2. The highest BCUT2D eigenvalue weighted by molar-refractivity contribution is 5.74. The quantitative estimate of drug-likeness (QED) is 0.688. The monoisotopic (exact) mass is 346 g/mol. The second kappa shape index (κ2) is 9.64. The van der Waals surface area contributed by atoms with E-state index >= 15 is 0 Å². The van der Waals surface area contributed by atoms with Crippen LogP contribution in [0.4, 0.5) is 9.18 Å². The molecule has 2 aromatic rings. The lowest BCUT2D eigenvalue weighted by Crippen LogP contribution is -2.43. The maximum absolute atomic E-state index is 13.6. The van der Waals surface area contributed by atoms with Gasteiger partial charge in [0, 0.05) is 0 Å². The van der Waals surface area contributed by atoms with Gasteiger partial charge in [0.25, 0.3) is 0 Å². The van der Waals surface area contributed by atoms with Crippen LogP contribution in [0.5, 0.6) is 5.75 Å². The van der Waals surface area contributed by atoms with Crippen LogP contribution in [0.3, 0.4) is 0 Å². The number of hydrogen-bond donors (Lipinski definition) is 3. The predicted molar refractivity (Wildman–Crippen MR) is 93.9 cm³/mol. The zero-order valence-corrected chi connectivity index (χ0v) is 14.1. The van der Waals surface area contributed by atoms with Gasteiger partial charge < -0.3 is 20.5 Å².